The molecule has 3 aromatic carbocycles. The molecule has 3 rings (SSSR count). The highest BCUT2D eigenvalue weighted by Gasteiger charge is 2.06. The average Bonchev–Trinajstić information content (AvgIpc) is 2.61. The van der Waals surface area contributed by atoms with E-state index < -0.39 is 0 Å². The Morgan fingerprint density at radius 2 is 1.52 bits per heavy atom. The van der Waals surface area contributed by atoms with E-state index in [2.05, 4.69) is 5.32 Å². The molecular weight excluding hydrogens is 286 g/mol. The molecule has 2 N–H and O–H groups in total. The Kier molecular flexibility index (Phi) is 4.39. The zero-order valence-electron chi connectivity index (χ0n) is 12.6. The number of nitrogens with one attached hydrogen (secondary N) is 1. The second kappa shape index (κ2) is 6.79. The third kappa shape index (κ3) is 3.77. The van der Waals surface area contributed by atoms with Gasteiger partial charge in [-0.2, -0.15) is 0 Å². The fourth-order valence-electron chi connectivity index (χ4n) is 2.40. The quantitative estimate of drug-likeness (QED) is 0.765. The van der Waals surface area contributed by atoms with Crippen LogP contribution in [-0.4, -0.2) is 11.0 Å². The van der Waals surface area contributed by atoms with Crippen LogP contribution in [0.2, 0.25) is 0 Å². The van der Waals surface area contributed by atoms with Gasteiger partial charge < -0.3 is 10.4 Å². The van der Waals surface area contributed by atoms with Gasteiger partial charge in [-0.1, -0.05) is 54.6 Å². The maximum Gasteiger partial charge on any atom is 0.251 e. The number of benzene rings is 3. The van der Waals surface area contributed by atoms with Crippen molar-refractivity contribution in [2.24, 2.45) is 0 Å². The monoisotopic (exact) mass is 303 g/mol. The van der Waals surface area contributed by atoms with E-state index >= 15 is 0 Å². The molecule has 0 fully saturated rings. The highest BCUT2D eigenvalue weighted by molar-refractivity contribution is 5.94. The summed E-state index contributed by atoms with van der Waals surface area (Å²) in [5.41, 5.74) is 3.68. The lowest BCUT2D eigenvalue weighted by Gasteiger charge is -2.07. The second-order valence-electron chi connectivity index (χ2n) is 5.30. The van der Waals surface area contributed by atoms with Gasteiger partial charge in [-0.25, -0.2) is 0 Å². The largest absolute Gasteiger partial charge is 0.508 e. The molecule has 0 atom stereocenters. The summed E-state index contributed by atoms with van der Waals surface area (Å²) in [5.74, 6) is 0.0666. The van der Waals surface area contributed by atoms with Crippen LogP contribution in [0, 0.1) is 0 Å². The van der Waals surface area contributed by atoms with E-state index in [9.17, 15) is 9.90 Å². The van der Waals surface area contributed by atoms with E-state index in [4.69, 9.17) is 0 Å². The summed E-state index contributed by atoms with van der Waals surface area (Å²) in [6.07, 6.45) is 0. The molecule has 0 saturated heterocycles. The number of carbonyl (C=O) groups is 1. The van der Waals surface area contributed by atoms with Gasteiger partial charge in [0.05, 0.1) is 0 Å². The predicted octanol–water partition coefficient (Wildman–Crippen LogP) is 3.99. The van der Waals surface area contributed by atoms with Gasteiger partial charge in [0.25, 0.3) is 5.91 Å². The van der Waals surface area contributed by atoms with Crippen molar-refractivity contribution in [3.05, 3.63) is 90.0 Å². The molecule has 0 unspecified atom stereocenters. The lowest BCUT2D eigenvalue weighted by Crippen LogP contribution is -2.22. The van der Waals surface area contributed by atoms with E-state index in [-0.39, 0.29) is 11.7 Å². The zero-order chi connectivity index (χ0) is 16.1. The molecule has 0 aliphatic heterocycles. The molecule has 0 aromatic heterocycles. The lowest BCUT2D eigenvalue weighted by atomic mass is 10.0. The molecule has 3 nitrogen and oxygen atoms in total. The minimum absolute atomic E-state index is 0.132. The van der Waals surface area contributed by atoms with Gasteiger partial charge in [-0.3, -0.25) is 4.79 Å². The van der Waals surface area contributed by atoms with Crippen molar-refractivity contribution in [1.82, 2.24) is 5.32 Å². The number of phenols is 1. The third-order valence-corrected chi connectivity index (χ3v) is 3.62. The highest BCUT2D eigenvalue weighted by Crippen LogP contribution is 2.19. The molecule has 0 aliphatic carbocycles. The Hall–Kier alpha value is -3.07. The summed E-state index contributed by atoms with van der Waals surface area (Å²) in [7, 11) is 0. The SMILES string of the molecule is O=C(NCc1cccc(O)c1)c1ccc(-c2ccccc2)cc1. The molecule has 3 aromatic rings. The summed E-state index contributed by atoms with van der Waals surface area (Å²) < 4.78 is 0. The fraction of sp³-hybridized carbons (Fsp3) is 0.0500. The maximum absolute atomic E-state index is 12.2. The van der Waals surface area contributed by atoms with Crippen molar-refractivity contribution in [3.63, 3.8) is 0 Å². The minimum atomic E-state index is -0.132. The summed E-state index contributed by atoms with van der Waals surface area (Å²) in [6.45, 7) is 0.383. The van der Waals surface area contributed by atoms with Crippen molar-refractivity contribution in [1.29, 1.82) is 0 Å². The second-order valence-corrected chi connectivity index (χ2v) is 5.30. The smallest absolute Gasteiger partial charge is 0.251 e. The number of aromatic hydroxyl groups is 1. The van der Waals surface area contributed by atoms with Gasteiger partial charge >= 0.3 is 0 Å². The summed E-state index contributed by atoms with van der Waals surface area (Å²) in [4.78, 5) is 12.2. The Bertz CT molecular complexity index is 795. The van der Waals surface area contributed by atoms with E-state index in [1.54, 1.807) is 18.2 Å². The first-order chi connectivity index (χ1) is 11.2. The number of rotatable bonds is 4. The van der Waals surface area contributed by atoms with Crippen LogP contribution in [0.5, 0.6) is 5.75 Å². The van der Waals surface area contributed by atoms with Gasteiger partial charge in [0.15, 0.2) is 0 Å². The van der Waals surface area contributed by atoms with Crippen molar-refractivity contribution >= 4 is 5.91 Å². The lowest BCUT2D eigenvalue weighted by molar-refractivity contribution is 0.0951. The molecule has 0 bridgehead atoms. The normalized spacial score (nSPS) is 10.3. The van der Waals surface area contributed by atoms with Gasteiger partial charge in [0.1, 0.15) is 5.75 Å². The zero-order valence-corrected chi connectivity index (χ0v) is 12.6. The minimum Gasteiger partial charge on any atom is -0.508 e. The van der Waals surface area contributed by atoms with Crippen LogP contribution in [0.15, 0.2) is 78.9 Å². The van der Waals surface area contributed by atoms with Gasteiger partial charge in [-0.05, 0) is 41.0 Å². The van der Waals surface area contributed by atoms with Crippen LogP contribution in [0.25, 0.3) is 11.1 Å². The van der Waals surface area contributed by atoms with E-state index in [0.29, 0.717) is 12.1 Å². The third-order valence-electron chi connectivity index (χ3n) is 3.62. The average molecular weight is 303 g/mol. The molecule has 23 heavy (non-hydrogen) atoms. The molecule has 1 amide bonds. The molecule has 0 radical (unpaired) electrons. The molecule has 114 valence electrons. The Morgan fingerprint density at radius 1 is 0.826 bits per heavy atom. The molecule has 0 spiro atoms. The fourth-order valence-corrected chi connectivity index (χ4v) is 2.40. The summed E-state index contributed by atoms with van der Waals surface area (Å²) in [5, 5.41) is 12.3. The number of hydrogen-bond acceptors (Lipinski definition) is 2. The summed E-state index contributed by atoms with van der Waals surface area (Å²) in [6, 6.07) is 24.4. The van der Waals surface area contributed by atoms with E-state index in [1.807, 2.05) is 60.7 Å². The van der Waals surface area contributed by atoms with Gasteiger partial charge in [0.2, 0.25) is 0 Å². The van der Waals surface area contributed by atoms with Crippen LogP contribution >= 0.6 is 0 Å². The number of carbonyl (C=O) groups excluding carboxylic acids is 1. The van der Waals surface area contributed by atoms with Crippen LogP contribution in [0.3, 0.4) is 0 Å². The molecule has 0 heterocycles. The van der Waals surface area contributed by atoms with Gasteiger partial charge in [0, 0.05) is 12.1 Å². The van der Waals surface area contributed by atoms with Crippen LogP contribution in [0.1, 0.15) is 15.9 Å². The Morgan fingerprint density at radius 3 is 2.22 bits per heavy atom. The van der Waals surface area contributed by atoms with Crippen molar-refractivity contribution in [3.8, 4) is 16.9 Å². The maximum atomic E-state index is 12.2. The molecule has 0 saturated carbocycles. The number of amides is 1. The van der Waals surface area contributed by atoms with Crippen molar-refractivity contribution < 1.29 is 9.90 Å². The van der Waals surface area contributed by atoms with Gasteiger partial charge in [-0.15, -0.1) is 0 Å². The van der Waals surface area contributed by atoms with Crippen LogP contribution in [-0.2, 0) is 6.54 Å². The van der Waals surface area contributed by atoms with Crippen LogP contribution < -0.4 is 5.32 Å². The number of hydrogen-bond donors (Lipinski definition) is 2. The first-order valence-electron chi connectivity index (χ1n) is 7.44. The Balaban J connectivity index is 1.66. The van der Waals surface area contributed by atoms with Crippen molar-refractivity contribution in [2.75, 3.05) is 0 Å². The van der Waals surface area contributed by atoms with Crippen molar-refractivity contribution in [2.45, 2.75) is 6.54 Å². The summed E-state index contributed by atoms with van der Waals surface area (Å²) >= 11 is 0. The predicted molar refractivity (Wildman–Crippen MR) is 91.2 cm³/mol. The molecule has 3 heteroatoms. The first kappa shape index (κ1) is 14.9. The molecule has 0 aliphatic rings. The number of phenolic OH excluding ortho intramolecular Hbond substituents is 1. The van der Waals surface area contributed by atoms with Crippen LogP contribution in [0.4, 0.5) is 0 Å². The Labute approximate surface area is 135 Å². The van der Waals surface area contributed by atoms with E-state index in [1.165, 1.54) is 0 Å². The van der Waals surface area contributed by atoms with E-state index in [0.717, 1.165) is 16.7 Å². The molecular formula is C20H17NO2. The standard InChI is InChI=1S/C20H17NO2/c22-19-8-4-5-15(13-19)14-21-20(23)18-11-9-17(10-12-18)16-6-2-1-3-7-16/h1-13,22H,14H2,(H,21,23). The topological polar surface area (TPSA) is 49.3 Å². The first-order valence-corrected chi connectivity index (χ1v) is 7.44. The highest BCUT2D eigenvalue weighted by atomic mass is 16.3.